The fraction of sp³-hybridized carbons (Fsp3) is 0.538. The molecule has 0 spiro atoms. The summed E-state index contributed by atoms with van der Waals surface area (Å²) in [5, 5.41) is 22.1. The minimum absolute atomic E-state index is 0.0938. The van der Waals surface area contributed by atoms with Gasteiger partial charge in [-0.3, -0.25) is 4.90 Å². The molecule has 17 heavy (non-hydrogen) atoms. The second-order valence-electron chi connectivity index (χ2n) is 4.36. The lowest BCUT2D eigenvalue weighted by atomic mass is 10.1. The molecular weight excluding hydrogens is 216 g/mol. The van der Waals surface area contributed by atoms with Crippen LogP contribution in [0, 0.1) is 0 Å². The van der Waals surface area contributed by atoms with Crippen LogP contribution in [0.1, 0.15) is 24.9 Å². The third-order valence-corrected chi connectivity index (χ3v) is 3.06. The average molecular weight is 238 g/mol. The van der Waals surface area contributed by atoms with Crippen molar-refractivity contribution in [3.63, 3.8) is 0 Å². The summed E-state index contributed by atoms with van der Waals surface area (Å²) in [6, 6.07) is 4.89. The molecule has 0 aliphatic carbocycles. The zero-order valence-corrected chi connectivity index (χ0v) is 10.8. The molecule has 1 atom stereocenters. The third kappa shape index (κ3) is 3.91. The average Bonchev–Trinajstić information content (AvgIpc) is 2.28. The molecular formula is C13H22N2O2. The van der Waals surface area contributed by atoms with Gasteiger partial charge in [0.05, 0.1) is 0 Å². The summed E-state index contributed by atoms with van der Waals surface area (Å²) in [5.74, 6) is 0.245. The van der Waals surface area contributed by atoms with Crippen molar-refractivity contribution >= 4 is 0 Å². The van der Waals surface area contributed by atoms with Crippen molar-refractivity contribution in [2.75, 3.05) is 27.2 Å². The molecule has 1 aromatic carbocycles. The summed E-state index contributed by atoms with van der Waals surface area (Å²) in [6.45, 7) is 3.99. The lowest BCUT2D eigenvalue weighted by molar-refractivity contribution is 0.253. The van der Waals surface area contributed by atoms with E-state index in [0.717, 1.165) is 25.1 Å². The number of hydrogen-bond acceptors (Lipinski definition) is 4. The monoisotopic (exact) mass is 238 g/mol. The fourth-order valence-corrected chi connectivity index (χ4v) is 1.82. The van der Waals surface area contributed by atoms with E-state index >= 15 is 0 Å². The van der Waals surface area contributed by atoms with Crippen LogP contribution in [0.2, 0.25) is 0 Å². The molecule has 0 amide bonds. The number of hydrogen-bond donors (Lipinski definition) is 3. The Kier molecular flexibility index (Phi) is 5.25. The number of aromatic hydroxyl groups is 2. The van der Waals surface area contributed by atoms with Crippen molar-refractivity contribution in [1.29, 1.82) is 0 Å². The molecule has 0 aromatic heterocycles. The maximum absolute atomic E-state index is 9.78. The van der Waals surface area contributed by atoms with Crippen molar-refractivity contribution < 1.29 is 10.2 Å². The molecule has 0 saturated carbocycles. The number of benzene rings is 1. The highest BCUT2D eigenvalue weighted by Crippen LogP contribution is 2.30. The molecule has 0 bridgehead atoms. The summed E-state index contributed by atoms with van der Waals surface area (Å²) in [6.07, 6.45) is 1.07. The molecule has 0 saturated heterocycles. The van der Waals surface area contributed by atoms with Gasteiger partial charge in [0.1, 0.15) is 11.5 Å². The molecule has 4 heteroatoms. The summed E-state index contributed by atoms with van der Waals surface area (Å²) < 4.78 is 0. The molecule has 3 N–H and O–H groups in total. The number of nitrogens with zero attached hydrogens (tertiary/aromatic N) is 1. The van der Waals surface area contributed by atoms with Crippen molar-refractivity contribution in [3.8, 4) is 11.5 Å². The van der Waals surface area contributed by atoms with Crippen LogP contribution in [-0.4, -0.2) is 42.3 Å². The summed E-state index contributed by atoms with van der Waals surface area (Å²) in [4.78, 5) is 2.18. The minimum atomic E-state index is 0.0938. The van der Waals surface area contributed by atoms with Crippen LogP contribution >= 0.6 is 0 Å². The second kappa shape index (κ2) is 6.47. The van der Waals surface area contributed by atoms with Crippen LogP contribution in [0.15, 0.2) is 18.2 Å². The summed E-state index contributed by atoms with van der Waals surface area (Å²) in [5.41, 5.74) is 0.842. The second-order valence-corrected chi connectivity index (χ2v) is 4.36. The predicted molar refractivity (Wildman–Crippen MR) is 69.4 cm³/mol. The van der Waals surface area contributed by atoms with Gasteiger partial charge in [0.2, 0.25) is 0 Å². The van der Waals surface area contributed by atoms with Gasteiger partial charge in [-0.15, -0.1) is 0 Å². The molecule has 0 fully saturated rings. The standard InChI is InChI=1S/C13H22N2O2/c1-10(15(3)8-4-7-14-2)12-6-5-11(16)9-13(12)17/h5-6,9-10,14,16-17H,4,7-8H2,1-3H3. The largest absolute Gasteiger partial charge is 0.508 e. The van der Waals surface area contributed by atoms with Gasteiger partial charge in [0.15, 0.2) is 0 Å². The first kappa shape index (κ1) is 13.8. The van der Waals surface area contributed by atoms with Crippen molar-refractivity contribution in [2.24, 2.45) is 0 Å². The summed E-state index contributed by atoms with van der Waals surface area (Å²) in [7, 11) is 3.97. The van der Waals surface area contributed by atoms with E-state index in [1.807, 2.05) is 21.0 Å². The quantitative estimate of drug-likeness (QED) is 0.660. The van der Waals surface area contributed by atoms with E-state index in [1.165, 1.54) is 6.07 Å². The highest BCUT2D eigenvalue weighted by Gasteiger charge is 2.15. The van der Waals surface area contributed by atoms with Gasteiger partial charge >= 0.3 is 0 Å². The van der Waals surface area contributed by atoms with Crippen molar-refractivity contribution in [3.05, 3.63) is 23.8 Å². The first-order valence-corrected chi connectivity index (χ1v) is 5.93. The summed E-state index contributed by atoms with van der Waals surface area (Å²) >= 11 is 0. The van der Waals surface area contributed by atoms with Gasteiger partial charge in [-0.2, -0.15) is 0 Å². The topological polar surface area (TPSA) is 55.7 Å². The zero-order chi connectivity index (χ0) is 12.8. The van der Waals surface area contributed by atoms with E-state index in [-0.39, 0.29) is 17.5 Å². The Morgan fingerprint density at radius 1 is 1.35 bits per heavy atom. The zero-order valence-electron chi connectivity index (χ0n) is 10.8. The van der Waals surface area contributed by atoms with E-state index < -0.39 is 0 Å². The van der Waals surface area contributed by atoms with Crippen LogP contribution in [0.4, 0.5) is 0 Å². The first-order chi connectivity index (χ1) is 8.06. The van der Waals surface area contributed by atoms with Crippen LogP contribution in [0.5, 0.6) is 11.5 Å². The van der Waals surface area contributed by atoms with E-state index in [1.54, 1.807) is 12.1 Å². The lowest BCUT2D eigenvalue weighted by Crippen LogP contribution is -2.25. The van der Waals surface area contributed by atoms with Gasteiger partial charge in [-0.1, -0.05) is 6.07 Å². The number of nitrogens with one attached hydrogen (secondary N) is 1. The van der Waals surface area contributed by atoms with Gasteiger partial charge in [-0.25, -0.2) is 0 Å². The first-order valence-electron chi connectivity index (χ1n) is 5.93. The molecule has 0 heterocycles. The Labute approximate surface area is 103 Å². The van der Waals surface area contributed by atoms with Crippen molar-refractivity contribution in [1.82, 2.24) is 10.2 Å². The Morgan fingerprint density at radius 2 is 2.06 bits per heavy atom. The number of phenols is 2. The fourth-order valence-electron chi connectivity index (χ4n) is 1.82. The van der Waals surface area contributed by atoms with Crippen LogP contribution in [0.25, 0.3) is 0 Å². The predicted octanol–water partition coefficient (Wildman–Crippen LogP) is 1.70. The highest BCUT2D eigenvalue weighted by molar-refractivity contribution is 5.40. The highest BCUT2D eigenvalue weighted by atomic mass is 16.3. The Balaban J connectivity index is 2.64. The molecule has 1 rings (SSSR count). The smallest absolute Gasteiger partial charge is 0.124 e. The molecule has 0 aliphatic rings. The Hall–Kier alpha value is -1.26. The number of phenolic OH excluding ortho intramolecular Hbond substituents is 2. The normalized spacial score (nSPS) is 12.9. The Bertz CT molecular complexity index is 355. The molecule has 1 aromatic rings. The van der Waals surface area contributed by atoms with Gasteiger partial charge < -0.3 is 15.5 Å². The number of rotatable bonds is 6. The molecule has 96 valence electrons. The Morgan fingerprint density at radius 3 is 2.65 bits per heavy atom. The molecule has 0 aliphatic heterocycles. The van der Waals surface area contributed by atoms with Gasteiger partial charge in [0, 0.05) is 17.7 Å². The molecule has 4 nitrogen and oxygen atoms in total. The maximum atomic E-state index is 9.78. The maximum Gasteiger partial charge on any atom is 0.124 e. The third-order valence-electron chi connectivity index (χ3n) is 3.06. The SMILES string of the molecule is CNCCCN(C)C(C)c1ccc(O)cc1O. The minimum Gasteiger partial charge on any atom is -0.508 e. The van der Waals surface area contributed by atoms with Gasteiger partial charge in [0.25, 0.3) is 0 Å². The van der Waals surface area contributed by atoms with Gasteiger partial charge in [-0.05, 0) is 46.6 Å². The molecule has 0 radical (unpaired) electrons. The van der Waals surface area contributed by atoms with E-state index in [4.69, 9.17) is 0 Å². The van der Waals surface area contributed by atoms with Crippen molar-refractivity contribution in [2.45, 2.75) is 19.4 Å². The van der Waals surface area contributed by atoms with E-state index in [0.29, 0.717) is 0 Å². The van der Waals surface area contributed by atoms with Crippen LogP contribution < -0.4 is 5.32 Å². The lowest BCUT2D eigenvalue weighted by Gasteiger charge is -2.25. The van der Waals surface area contributed by atoms with Crippen LogP contribution in [0.3, 0.4) is 0 Å². The van der Waals surface area contributed by atoms with E-state index in [2.05, 4.69) is 10.2 Å². The molecule has 1 unspecified atom stereocenters. The van der Waals surface area contributed by atoms with Crippen LogP contribution in [-0.2, 0) is 0 Å². The van der Waals surface area contributed by atoms with E-state index in [9.17, 15) is 10.2 Å².